The van der Waals surface area contributed by atoms with Crippen LogP contribution in [-0.4, -0.2) is 42.5 Å². The topological polar surface area (TPSA) is 21.7 Å². The highest BCUT2D eigenvalue weighted by Gasteiger charge is 2.45. The van der Waals surface area contributed by atoms with Gasteiger partial charge in [0.15, 0.2) is 5.79 Å². The Kier molecular flexibility index (Phi) is 5.95. The van der Waals surface area contributed by atoms with Crippen LogP contribution in [0.15, 0.2) is 0 Å². The third-order valence-electron chi connectivity index (χ3n) is 7.08. The van der Waals surface area contributed by atoms with E-state index in [1.165, 1.54) is 25.7 Å². The molecule has 0 aromatic carbocycles. The van der Waals surface area contributed by atoms with Crippen LogP contribution in [-0.2, 0) is 9.47 Å². The largest absolute Gasteiger partial charge is 0.348 e. The molecular weight excluding hydrogens is 274 g/mol. The van der Waals surface area contributed by atoms with Gasteiger partial charge in [0, 0.05) is 24.4 Å². The summed E-state index contributed by atoms with van der Waals surface area (Å²) in [5.41, 5.74) is 0.280. The standard InChI is InChI=1S/C19H37NO2/c1-7-15(3)16(4)18(5,8-2)20(6)17-9-11-19(12-10-17)21-13-14-22-19/h15-17H,7-14H2,1-6H3/t15-,16?,18?/m1/s1. The van der Waals surface area contributed by atoms with Gasteiger partial charge in [0.05, 0.1) is 13.2 Å². The first-order valence-corrected chi connectivity index (χ1v) is 9.39. The molecule has 1 saturated heterocycles. The van der Waals surface area contributed by atoms with Crippen LogP contribution < -0.4 is 0 Å². The second kappa shape index (κ2) is 7.19. The van der Waals surface area contributed by atoms with E-state index in [-0.39, 0.29) is 11.3 Å². The van der Waals surface area contributed by atoms with E-state index >= 15 is 0 Å². The van der Waals surface area contributed by atoms with Crippen LogP contribution in [0.3, 0.4) is 0 Å². The fourth-order valence-corrected chi connectivity index (χ4v) is 4.49. The van der Waals surface area contributed by atoms with Crippen molar-refractivity contribution in [3.05, 3.63) is 0 Å². The zero-order chi connectivity index (χ0) is 16.4. The fraction of sp³-hybridized carbons (Fsp3) is 1.00. The zero-order valence-corrected chi connectivity index (χ0v) is 15.7. The summed E-state index contributed by atoms with van der Waals surface area (Å²) in [5.74, 6) is 1.24. The van der Waals surface area contributed by atoms with E-state index in [1.54, 1.807) is 0 Å². The Morgan fingerprint density at radius 1 is 1.14 bits per heavy atom. The number of rotatable bonds is 6. The summed E-state index contributed by atoms with van der Waals surface area (Å²) >= 11 is 0. The molecule has 2 unspecified atom stereocenters. The Morgan fingerprint density at radius 3 is 2.14 bits per heavy atom. The van der Waals surface area contributed by atoms with Gasteiger partial charge in [-0.1, -0.05) is 34.1 Å². The molecular formula is C19H37NO2. The van der Waals surface area contributed by atoms with Crippen molar-refractivity contribution < 1.29 is 9.47 Å². The lowest BCUT2D eigenvalue weighted by atomic mass is 9.73. The molecule has 2 aliphatic rings. The van der Waals surface area contributed by atoms with Crippen molar-refractivity contribution in [2.24, 2.45) is 11.8 Å². The van der Waals surface area contributed by atoms with Gasteiger partial charge in [-0.25, -0.2) is 0 Å². The van der Waals surface area contributed by atoms with Crippen molar-refractivity contribution in [3.63, 3.8) is 0 Å². The lowest BCUT2D eigenvalue weighted by Crippen LogP contribution is -2.56. The predicted octanol–water partition coefficient (Wildman–Crippen LogP) is 4.45. The molecule has 1 saturated carbocycles. The minimum Gasteiger partial charge on any atom is -0.348 e. The Morgan fingerprint density at radius 2 is 1.68 bits per heavy atom. The summed E-state index contributed by atoms with van der Waals surface area (Å²) in [7, 11) is 2.35. The maximum absolute atomic E-state index is 5.88. The zero-order valence-electron chi connectivity index (χ0n) is 15.7. The first-order chi connectivity index (χ1) is 10.4. The molecule has 0 aromatic rings. The van der Waals surface area contributed by atoms with E-state index in [2.05, 4.69) is 46.6 Å². The average molecular weight is 312 g/mol. The fourth-order valence-electron chi connectivity index (χ4n) is 4.49. The van der Waals surface area contributed by atoms with Gasteiger partial charge in [-0.3, -0.25) is 4.90 Å². The summed E-state index contributed by atoms with van der Waals surface area (Å²) in [4.78, 5) is 2.69. The van der Waals surface area contributed by atoms with Gasteiger partial charge in [0.25, 0.3) is 0 Å². The molecule has 3 nitrogen and oxygen atoms in total. The molecule has 3 atom stereocenters. The quantitative estimate of drug-likeness (QED) is 0.723. The average Bonchev–Trinajstić information content (AvgIpc) is 3.00. The number of hydrogen-bond acceptors (Lipinski definition) is 3. The van der Waals surface area contributed by atoms with Crippen molar-refractivity contribution in [1.82, 2.24) is 4.90 Å². The van der Waals surface area contributed by atoms with Crippen molar-refractivity contribution in [3.8, 4) is 0 Å². The van der Waals surface area contributed by atoms with E-state index < -0.39 is 0 Å². The van der Waals surface area contributed by atoms with Gasteiger partial charge in [-0.2, -0.15) is 0 Å². The highest BCUT2D eigenvalue weighted by molar-refractivity contribution is 4.96. The van der Waals surface area contributed by atoms with Gasteiger partial charge < -0.3 is 9.47 Å². The summed E-state index contributed by atoms with van der Waals surface area (Å²) in [6, 6.07) is 0.662. The smallest absolute Gasteiger partial charge is 0.168 e. The molecule has 1 aliphatic heterocycles. The number of hydrogen-bond donors (Lipinski definition) is 0. The van der Waals surface area contributed by atoms with Crippen LogP contribution >= 0.6 is 0 Å². The molecule has 1 heterocycles. The SMILES string of the molecule is CC[C@@H](C)C(C)C(C)(CC)N(C)C1CCC2(CC1)OCCO2. The molecule has 1 spiro atoms. The molecule has 130 valence electrons. The number of nitrogens with zero attached hydrogens (tertiary/aromatic N) is 1. The number of ether oxygens (including phenoxy) is 2. The monoisotopic (exact) mass is 311 g/mol. The van der Waals surface area contributed by atoms with E-state index in [4.69, 9.17) is 9.47 Å². The van der Waals surface area contributed by atoms with Crippen molar-refractivity contribution in [2.75, 3.05) is 20.3 Å². The van der Waals surface area contributed by atoms with E-state index in [9.17, 15) is 0 Å². The van der Waals surface area contributed by atoms with Crippen LogP contribution in [0.5, 0.6) is 0 Å². The van der Waals surface area contributed by atoms with E-state index in [1.807, 2.05) is 0 Å². The minimum atomic E-state index is -0.234. The molecule has 3 heteroatoms. The van der Waals surface area contributed by atoms with Crippen LogP contribution in [0.2, 0.25) is 0 Å². The molecule has 0 bridgehead atoms. The lowest BCUT2D eigenvalue weighted by Gasteiger charge is -2.51. The van der Waals surface area contributed by atoms with E-state index in [0.717, 1.165) is 32.0 Å². The van der Waals surface area contributed by atoms with Gasteiger partial charge in [0.2, 0.25) is 0 Å². The molecule has 0 radical (unpaired) electrons. The first-order valence-electron chi connectivity index (χ1n) is 9.39. The molecule has 2 fully saturated rings. The molecule has 0 N–H and O–H groups in total. The van der Waals surface area contributed by atoms with Gasteiger partial charge >= 0.3 is 0 Å². The van der Waals surface area contributed by atoms with E-state index in [0.29, 0.717) is 12.0 Å². The first kappa shape index (κ1) is 18.2. The minimum absolute atomic E-state index is 0.234. The predicted molar refractivity (Wildman–Crippen MR) is 92.0 cm³/mol. The maximum Gasteiger partial charge on any atom is 0.168 e. The third-order valence-corrected chi connectivity index (χ3v) is 7.08. The molecule has 1 aliphatic carbocycles. The highest BCUT2D eigenvalue weighted by atomic mass is 16.7. The van der Waals surface area contributed by atoms with Gasteiger partial charge in [0.1, 0.15) is 0 Å². The highest BCUT2D eigenvalue weighted by Crippen LogP contribution is 2.41. The second-order valence-electron chi connectivity index (χ2n) is 7.83. The molecule has 0 aromatic heterocycles. The normalized spacial score (nSPS) is 28.0. The Bertz CT molecular complexity index is 343. The molecule has 2 rings (SSSR count). The summed E-state index contributed by atoms with van der Waals surface area (Å²) in [5, 5.41) is 0. The third kappa shape index (κ3) is 3.37. The van der Waals surface area contributed by atoms with Gasteiger partial charge in [-0.15, -0.1) is 0 Å². The Hall–Kier alpha value is -0.120. The van der Waals surface area contributed by atoms with Crippen molar-refractivity contribution in [1.29, 1.82) is 0 Å². The Labute approximate surface area is 137 Å². The van der Waals surface area contributed by atoms with Crippen LogP contribution in [0.4, 0.5) is 0 Å². The summed E-state index contributed by atoms with van der Waals surface area (Å²) < 4.78 is 11.8. The molecule has 0 amide bonds. The molecule has 22 heavy (non-hydrogen) atoms. The van der Waals surface area contributed by atoms with Crippen LogP contribution in [0.25, 0.3) is 0 Å². The summed E-state index contributed by atoms with van der Waals surface area (Å²) in [6.45, 7) is 13.5. The van der Waals surface area contributed by atoms with Crippen molar-refractivity contribution >= 4 is 0 Å². The maximum atomic E-state index is 5.88. The van der Waals surface area contributed by atoms with Gasteiger partial charge in [-0.05, 0) is 45.1 Å². The van der Waals surface area contributed by atoms with Crippen molar-refractivity contribution in [2.45, 2.75) is 90.5 Å². The Balaban J connectivity index is 2.01. The lowest BCUT2D eigenvalue weighted by molar-refractivity contribution is -0.187. The van der Waals surface area contributed by atoms with Crippen LogP contribution in [0.1, 0.15) is 73.1 Å². The van der Waals surface area contributed by atoms with Crippen LogP contribution in [0, 0.1) is 11.8 Å². The second-order valence-corrected chi connectivity index (χ2v) is 7.83. The summed E-state index contributed by atoms with van der Waals surface area (Å²) in [6.07, 6.45) is 6.97.